The topological polar surface area (TPSA) is 99.4 Å². The molecule has 0 aromatic heterocycles. The van der Waals surface area contributed by atoms with Gasteiger partial charge in [0.25, 0.3) is 0 Å². The van der Waals surface area contributed by atoms with Crippen molar-refractivity contribution in [3.8, 4) is 0 Å². The Morgan fingerprint density at radius 2 is 1.77 bits per heavy atom. The molecule has 5 atom stereocenters. The van der Waals surface area contributed by atoms with Crippen LogP contribution >= 0.6 is 0 Å². The van der Waals surface area contributed by atoms with Gasteiger partial charge in [-0.1, -0.05) is 43.2 Å². The lowest BCUT2D eigenvalue weighted by molar-refractivity contribution is -0.328. The third-order valence-electron chi connectivity index (χ3n) is 5.77. The normalized spacial score (nSPS) is 34.8. The number of hydrogen-bond donors (Lipinski definition) is 4. The van der Waals surface area contributed by atoms with Crippen LogP contribution in [0.1, 0.15) is 44.1 Å². The van der Waals surface area contributed by atoms with Crippen LogP contribution in [0.5, 0.6) is 0 Å². The summed E-state index contributed by atoms with van der Waals surface area (Å²) in [7, 11) is 0. The van der Waals surface area contributed by atoms with Crippen molar-refractivity contribution in [2.75, 3.05) is 13.2 Å². The van der Waals surface area contributed by atoms with E-state index in [0.717, 1.165) is 32.1 Å². The number of aliphatic hydroxyl groups is 4. The summed E-state index contributed by atoms with van der Waals surface area (Å²) in [6.07, 6.45) is 1.92. The molecule has 4 N–H and O–H groups in total. The summed E-state index contributed by atoms with van der Waals surface area (Å²) in [5.41, 5.74) is -0.0122. The van der Waals surface area contributed by atoms with Gasteiger partial charge in [-0.15, -0.1) is 0 Å². The van der Waals surface area contributed by atoms with Crippen LogP contribution in [0.15, 0.2) is 30.3 Å². The van der Waals surface area contributed by atoms with Gasteiger partial charge in [-0.25, -0.2) is 0 Å². The molecule has 0 radical (unpaired) electrons. The van der Waals surface area contributed by atoms with E-state index in [0.29, 0.717) is 6.42 Å². The van der Waals surface area contributed by atoms with Gasteiger partial charge in [0, 0.05) is 12.8 Å². The van der Waals surface area contributed by atoms with Gasteiger partial charge < -0.3 is 29.9 Å². The highest BCUT2D eigenvalue weighted by molar-refractivity contribution is 5.14. The molecule has 1 aromatic rings. The average Bonchev–Trinajstić information content (AvgIpc) is 2.83. The molecule has 2 aliphatic rings. The van der Waals surface area contributed by atoms with Crippen molar-refractivity contribution in [2.24, 2.45) is 0 Å². The molecule has 0 unspecified atom stereocenters. The van der Waals surface area contributed by atoms with Crippen molar-refractivity contribution in [1.29, 1.82) is 0 Å². The van der Waals surface area contributed by atoms with Gasteiger partial charge >= 0.3 is 0 Å². The first-order valence-corrected chi connectivity index (χ1v) is 9.57. The zero-order valence-corrected chi connectivity index (χ0v) is 15.1. The van der Waals surface area contributed by atoms with E-state index in [1.54, 1.807) is 0 Å². The predicted octanol–water partition coefficient (Wildman–Crippen LogP) is 1.14. The smallest absolute Gasteiger partial charge is 0.197 e. The van der Waals surface area contributed by atoms with Crippen molar-refractivity contribution in [1.82, 2.24) is 0 Å². The Morgan fingerprint density at radius 3 is 2.50 bits per heavy atom. The predicted molar refractivity (Wildman–Crippen MR) is 95.5 cm³/mol. The number of hydrogen-bond acceptors (Lipinski definition) is 6. The monoisotopic (exact) mass is 366 g/mol. The Balaban J connectivity index is 1.48. The first-order valence-electron chi connectivity index (χ1n) is 9.57. The fourth-order valence-corrected chi connectivity index (χ4v) is 4.20. The van der Waals surface area contributed by atoms with E-state index >= 15 is 0 Å². The van der Waals surface area contributed by atoms with Gasteiger partial charge in [0.05, 0.1) is 13.2 Å². The maximum atomic E-state index is 10.5. The van der Waals surface area contributed by atoms with Crippen molar-refractivity contribution in [2.45, 2.75) is 74.6 Å². The van der Waals surface area contributed by atoms with Crippen molar-refractivity contribution < 1.29 is 29.9 Å². The molecule has 2 heterocycles. The summed E-state index contributed by atoms with van der Waals surface area (Å²) < 4.78 is 11.6. The third-order valence-corrected chi connectivity index (χ3v) is 5.77. The van der Waals surface area contributed by atoms with Gasteiger partial charge in [0.1, 0.15) is 23.9 Å². The van der Waals surface area contributed by atoms with E-state index in [9.17, 15) is 20.4 Å². The van der Waals surface area contributed by atoms with Crippen molar-refractivity contribution in [3.63, 3.8) is 0 Å². The van der Waals surface area contributed by atoms with Gasteiger partial charge in [0.2, 0.25) is 0 Å². The Bertz CT molecular complexity index is 567. The molecule has 0 amide bonds. The van der Waals surface area contributed by atoms with Crippen LogP contribution in [-0.4, -0.2) is 63.3 Å². The highest BCUT2D eigenvalue weighted by atomic mass is 16.7. The van der Waals surface area contributed by atoms with Crippen LogP contribution in [0, 0.1) is 0 Å². The van der Waals surface area contributed by atoms with Crippen LogP contribution in [-0.2, 0) is 15.9 Å². The summed E-state index contributed by atoms with van der Waals surface area (Å²) in [4.78, 5) is 0. The van der Waals surface area contributed by atoms with Crippen LogP contribution in [0.3, 0.4) is 0 Å². The van der Waals surface area contributed by atoms with E-state index in [1.165, 1.54) is 5.56 Å². The lowest BCUT2D eigenvalue weighted by Crippen LogP contribution is -2.55. The Hall–Kier alpha value is -1.02. The molecule has 0 saturated carbocycles. The summed E-state index contributed by atoms with van der Waals surface area (Å²) in [6.45, 7) is -0.251. The Morgan fingerprint density at radius 1 is 1.04 bits per heavy atom. The van der Waals surface area contributed by atoms with Gasteiger partial charge in [-0.2, -0.15) is 0 Å². The average molecular weight is 366 g/mol. The minimum absolute atomic E-state index is 0.242. The second kappa shape index (κ2) is 8.33. The van der Waals surface area contributed by atoms with Crippen LogP contribution in [0.4, 0.5) is 0 Å². The minimum atomic E-state index is -1.35. The summed E-state index contributed by atoms with van der Waals surface area (Å²) >= 11 is 0. The maximum Gasteiger partial charge on any atom is 0.197 e. The van der Waals surface area contributed by atoms with Gasteiger partial charge in [-0.05, 0) is 24.8 Å². The maximum absolute atomic E-state index is 10.5. The molecule has 2 bridgehead atoms. The van der Waals surface area contributed by atoms with E-state index in [4.69, 9.17) is 9.47 Å². The lowest BCUT2D eigenvalue weighted by atomic mass is 9.86. The largest absolute Gasteiger partial charge is 0.394 e. The summed E-state index contributed by atoms with van der Waals surface area (Å²) in [5, 5.41) is 40.3. The number of unbranched alkanes of at least 4 members (excludes halogenated alkanes) is 3. The van der Waals surface area contributed by atoms with Gasteiger partial charge in [0.15, 0.2) is 5.79 Å². The Labute approximate surface area is 154 Å². The van der Waals surface area contributed by atoms with E-state index in [-0.39, 0.29) is 13.0 Å². The van der Waals surface area contributed by atoms with Crippen LogP contribution in [0.2, 0.25) is 0 Å². The molecular weight excluding hydrogens is 336 g/mol. The highest BCUT2D eigenvalue weighted by Crippen LogP contribution is 2.49. The number of aliphatic hydroxyl groups excluding tert-OH is 4. The quantitative estimate of drug-likeness (QED) is 0.489. The number of ether oxygens (including phenoxy) is 2. The fourth-order valence-electron chi connectivity index (χ4n) is 4.20. The fraction of sp³-hybridized carbons (Fsp3) is 0.700. The van der Waals surface area contributed by atoms with Crippen LogP contribution < -0.4 is 0 Å². The zero-order valence-electron chi connectivity index (χ0n) is 15.1. The standard InChI is InChI=1S/C20H30O6/c21-14-16(22)19-12-13-25-20(26-19,18(24)17(19)23)11-7-2-1-4-8-15-9-5-3-6-10-15/h3,5-6,9-10,16-18,21-24H,1-2,4,7-8,11-14H2/t16-,17-,18-,19-,20+/m1/s1. The second-order valence-corrected chi connectivity index (χ2v) is 7.46. The molecule has 26 heavy (non-hydrogen) atoms. The molecule has 2 saturated heterocycles. The molecule has 0 spiro atoms. The SMILES string of the molecule is OC[C@@H](O)[C@@]12CCO[C@@](CCCCCCc3ccccc3)(O1)[C@H](O)[C@H]2O. The number of aryl methyl sites for hydroxylation is 1. The molecule has 146 valence electrons. The first-order chi connectivity index (χ1) is 12.5. The molecule has 6 heteroatoms. The van der Waals surface area contributed by atoms with Crippen LogP contribution in [0.25, 0.3) is 0 Å². The van der Waals surface area contributed by atoms with Crippen molar-refractivity contribution in [3.05, 3.63) is 35.9 Å². The minimum Gasteiger partial charge on any atom is -0.394 e. The number of benzene rings is 1. The molecular formula is C20H30O6. The van der Waals surface area contributed by atoms with E-state index in [2.05, 4.69) is 12.1 Å². The first kappa shape index (κ1) is 19.7. The highest BCUT2D eigenvalue weighted by Gasteiger charge is 2.67. The summed E-state index contributed by atoms with van der Waals surface area (Å²) in [6, 6.07) is 10.4. The number of rotatable bonds is 9. The van der Waals surface area contributed by atoms with E-state index in [1.807, 2.05) is 18.2 Å². The van der Waals surface area contributed by atoms with E-state index < -0.39 is 36.3 Å². The number of fused-ring (bicyclic) bond motifs is 2. The lowest BCUT2D eigenvalue weighted by Gasteiger charge is -2.42. The molecule has 3 rings (SSSR count). The molecule has 2 fully saturated rings. The Kier molecular flexibility index (Phi) is 6.33. The second-order valence-electron chi connectivity index (χ2n) is 7.46. The van der Waals surface area contributed by atoms with Gasteiger partial charge in [-0.3, -0.25) is 0 Å². The summed E-state index contributed by atoms with van der Waals surface area (Å²) in [5.74, 6) is -1.28. The third kappa shape index (κ3) is 3.67. The molecule has 1 aromatic carbocycles. The molecule has 0 aliphatic carbocycles. The molecule has 2 aliphatic heterocycles. The van der Waals surface area contributed by atoms with Crippen molar-refractivity contribution >= 4 is 0 Å². The molecule has 6 nitrogen and oxygen atoms in total. The zero-order chi connectivity index (χ0) is 18.6.